The average molecular weight is 267 g/mol. The number of nitrogens with one attached hydrogen (secondary N) is 1. The fourth-order valence-corrected chi connectivity index (χ4v) is 2.16. The van der Waals surface area contributed by atoms with Crippen LogP contribution < -0.4 is 0 Å². The number of H-pyrrole nitrogens is 1. The van der Waals surface area contributed by atoms with Gasteiger partial charge in [-0.1, -0.05) is 0 Å². The third-order valence-corrected chi connectivity index (χ3v) is 3.08. The van der Waals surface area contributed by atoms with Crippen molar-refractivity contribution >= 4 is 11.5 Å². The zero-order valence-electron chi connectivity index (χ0n) is 10.8. The molecule has 0 aliphatic carbocycles. The van der Waals surface area contributed by atoms with Crippen molar-refractivity contribution in [2.75, 3.05) is 26.2 Å². The normalized spacial score (nSPS) is 21.0. The van der Waals surface area contributed by atoms with Crippen molar-refractivity contribution in [3.63, 3.8) is 0 Å². The first-order valence-corrected chi connectivity index (χ1v) is 6.26. The second kappa shape index (κ2) is 5.94. The second-order valence-corrected chi connectivity index (χ2v) is 4.72. The van der Waals surface area contributed by atoms with Gasteiger partial charge in [-0.05, 0) is 13.3 Å². The predicted molar refractivity (Wildman–Crippen MR) is 68.2 cm³/mol. The molecule has 2 rings (SSSR count). The number of ether oxygens (including phenoxy) is 1. The largest absolute Gasteiger partial charge is 0.377 e. The number of nitro groups is 1. The molecule has 1 atom stereocenters. The summed E-state index contributed by atoms with van der Waals surface area (Å²) in [5.74, 6) is -0.137. The van der Waals surface area contributed by atoms with Gasteiger partial charge in [-0.3, -0.25) is 19.8 Å². The molecule has 7 nitrogen and oxygen atoms in total. The molecule has 7 heteroatoms. The maximum atomic E-state index is 12.0. The molecule has 2 heterocycles. The molecular formula is C12H17N3O4. The summed E-state index contributed by atoms with van der Waals surface area (Å²) in [4.78, 5) is 26.7. The molecule has 1 aromatic heterocycles. The van der Waals surface area contributed by atoms with Crippen LogP contribution in [0.3, 0.4) is 0 Å². The molecule has 1 aromatic rings. The van der Waals surface area contributed by atoms with Crippen LogP contribution in [0.25, 0.3) is 0 Å². The minimum Gasteiger partial charge on any atom is -0.377 e. The first-order valence-electron chi connectivity index (χ1n) is 6.26. The number of Topliss-reactive ketones (excluding diaryl/α,β-unsaturated/α-hetero) is 1. The van der Waals surface area contributed by atoms with Gasteiger partial charge in [0, 0.05) is 25.8 Å². The van der Waals surface area contributed by atoms with Crippen LogP contribution >= 0.6 is 0 Å². The van der Waals surface area contributed by atoms with Crippen LogP contribution in [0.4, 0.5) is 5.69 Å². The molecule has 1 unspecified atom stereocenters. The van der Waals surface area contributed by atoms with Crippen molar-refractivity contribution in [3.8, 4) is 0 Å². The van der Waals surface area contributed by atoms with Gasteiger partial charge in [-0.15, -0.1) is 0 Å². The Morgan fingerprint density at radius 2 is 2.47 bits per heavy atom. The molecule has 0 bridgehead atoms. The molecule has 0 saturated carbocycles. The molecule has 1 saturated heterocycles. The highest BCUT2D eigenvalue weighted by Gasteiger charge is 2.20. The van der Waals surface area contributed by atoms with Crippen LogP contribution in [-0.4, -0.2) is 52.9 Å². The smallest absolute Gasteiger partial charge is 0.287 e. The number of nitrogens with zero attached hydrogens (tertiary/aromatic N) is 2. The highest BCUT2D eigenvalue weighted by atomic mass is 16.6. The van der Waals surface area contributed by atoms with Gasteiger partial charge in [0.25, 0.3) is 5.69 Å². The molecule has 19 heavy (non-hydrogen) atoms. The van der Waals surface area contributed by atoms with Gasteiger partial charge >= 0.3 is 0 Å². The van der Waals surface area contributed by atoms with E-state index < -0.39 is 4.92 Å². The van der Waals surface area contributed by atoms with Gasteiger partial charge in [0.1, 0.15) is 0 Å². The lowest BCUT2D eigenvalue weighted by atomic mass is 10.2. The maximum absolute atomic E-state index is 12.0. The van der Waals surface area contributed by atoms with E-state index in [9.17, 15) is 14.9 Å². The van der Waals surface area contributed by atoms with Crippen LogP contribution in [0.2, 0.25) is 0 Å². The number of aromatic nitrogens is 1. The highest BCUT2D eigenvalue weighted by Crippen LogP contribution is 2.13. The molecule has 0 amide bonds. The zero-order valence-corrected chi connectivity index (χ0v) is 10.8. The van der Waals surface area contributed by atoms with Crippen LogP contribution in [0.1, 0.15) is 23.8 Å². The van der Waals surface area contributed by atoms with E-state index in [1.54, 1.807) is 0 Å². The average Bonchev–Trinajstić information content (AvgIpc) is 2.76. The van der Waals surface area contributed by atoms with E-state index >= 15 is 0 Å². The van der Waals surface area contributed by atoms with Crippen LogP contribution in [0.15, 0.2) is 12.3 Å². The van der Waals surface area contributed by atoms with Gasteiger partial charge in [-0.25, -0.2) is 0 Å². The van der Waals surface area contributed by atoms with E-state index in [-0.39, 0.29) is 29.8 Å². The Morgan fingerprint density at radius 3 is 3.16 bits per heavy atom. The van der Waals surface area contributed by atoms with E-state index in [1.165, 1.54) is 12.3 Å². The molecule has 1 aliphatic rings. The molecule has 1 aliphatic heterocycles. The Balaban J connectivity index is 1.97. The fourth-order valence-electron chi connectivity index (χ4n) is 2.16. The third kappa shape index (κ3) is 3.62. The molecule has 0 radical (unpaired) electrons. The minimum atomic E-state index is -0.519. The Morgan fingerprint density at radius 1 is 1.68 bits per heavy atom. The van der Waals surface area contributed by atoms with Crippen molar-refractivity contribution in [1.29, 1.82) is 0 Å². The SMILES string of the molecule is CC1CN(CC(=O)c2cc([N+](=O)[O-])c[nH]2)CCCO1. The summed E-state index contributed by atoms with van der Waals surface area (Å²) in [7, 11) is 0. The molecule has 0 spiro atoms. The van der Waals surface area contributed by atoms with Gasteiger partial charge in [-0.2, -0.15) is 0 Å². The highest BCUT2D eigenvalue weighted by molar-refractivity contribution is 5.96. The number of carbonyl (C=O) groups excluding carboxylic acids is 1. The molecular weight excluding hydrogens is 250 g/mol. The van der Waals surface area contributed by atoms with E-state index in [0.717, 1.165) is 13.0 Å². The topological polar surface area (TPSA) is 88.5 Å². The lowest BCUT2D eigenvalue weighted by Gasteiger charge is -2.20. The third-order valence-electron chi connectivity index (χ3n) is 3.08. The molecule has 104 valence electrons. The summed E-state index contributed by atoms with van der Waals surface area (Å²) >= 11 is 0. The number of aromatic amines is 1. The molecule has 0 aromatic carbocycles. The number of ketones is 1. The number of hydrogen-bond donors (Lipinski definition) is 1. The summed E-state index contributed by atoms with van der Waals surface area (Å²) < 4.78 is 5.51. The van der Waals surface area contributed by atoms with E-state index in [4.69, 9.17) is 4.74 Å². The monoisotopic (exact) mass is 267 g/mol. The lowest BCUT2D eigenvalue weighted by molar-refractivity contribution is -0.384. The minimum absolute atomic E-state index is 0.0871. The summed E-state index contributed by atoms with van der Waals surface area (Å²) in [5.41, 5.74) is 0.195. The van der Waals surface area contributed by atoms with Crippen molar-refractivity contribution in [1.82, 2.24) is 9.88 Å². The number of carbonyl (C=O) groups is 1. The zero-order chi connectivity index (χ0) is 13.8. The van der Waals surface area contributed by atoms with Crippen LogP contribution in [0, 0.1) is 10.1 Å². The van der Waals surface area contributed by atoms with E-state index in [1.807, 2.05) is 11.8 Å². The van der Waals surface area contributed by atoms with Crippen molar-refractivity contribution in [2.24, 2.45) is 0 Å². The van der Waals surface area contributed by atoms with Crippen molar-refractivity contribution < 1.29 is 14.5 Å². The Labute approximate surface area is 110 Å². The van der Waals surface area contributed by atoms with Gasteiger partial charge in [0.2, 0.25) is 0 Å². The lowest BCUT2D eigenvalue weighted by Crippen LogP contribution is -2.34. The van der Waals surface area contributed by atoms with E-state index in [2.05, 4.69) is 4.98 Å². The van der Waals surface area contributed by atoms with Crippen molar-refractivity contribution in [2.45, 2.75) is 19.4 Å². The maximum Gasteiger partial charge on any atom is 0.287 e. The summed E-state index contributed by atoms with van der Waals surface area (Å²) in [6.07, 6.45) is 2.23. The Kier molecular flexibility index (Phi) is 4.28. The summed E-state index contributed by atoms with van der Waals surface area (Å²) in [5, 5.41) is 10.6. The fraction of sp³-hybridized carbons (Fsp3) is 0.583. The van der Waals surface area contributed by atoms with Crippen molar-refractivity contribution in [3.05, 3.63) is 28.1 Å². The first kappa shape index (κ1) is 13.7. The molecule has 1 N–H and O–H groups in total. The van der Waals surface area contributed by atoms with E-state index in [0.29, 0.717) is 13.2 Å². The number of hydrogen-bond acceptors (Lipinski definition) is 5. The second-order valence-electron chi connectivity index (χ2n) is 4.72. The predicted octanol–water partition coefficient (Wildman–Crippen LogP) is 1.22. The van der Waals surface area contributed by atoms with Crippen LogP contribution in [0.5, 0.6) is 0 Å². The Hall–Kier alpha value is -1.73. The van der Waals surface area contributed by atoms with Gasteiger partial charge in [0.15, 0.2) is 5.78 Å². The first-order chi connectivity index (χ1) is 9.06. The quantitative estimate of drug-likeness (QED) is 0.503. The molecule has 1 fully saturated rings. The van der Waals surface area contributed by atoms with Gasteiger partial charge < -0.3 is 9.72 Å². The summed E-state index contributed by atoms with van der Waals surface area (Å²) in [6.45, 7) is 4.45. The van der Waals surface area contributed by atoms with Crippen LogP contribution in [-0.2, 0) is 4.74 Å². The number of rotatable bonds is 4. The summed E-state index contributed by atoms with van der Waals surface area (Å²) in [6, 6.07) is 1.28. The standard InChI is InChI=1S/C12H17N3O4/c1-9-7-14(3-2-4-19-9)8-12(16)11-5-10(6-13-11)15(17)18/h5-6,9,13H,2-4,7-8H2,1H3. The van der Waals surface area contributed by atoms with Gasteiger partial charge in [0.05, 0.1) is 29.5 Å². The Bertz CT molecular complexity index is 471.